The van der Waals surface area contributed by atoms with E-state index in [2.05, 4.69) is 14.9 Å². The van der Waals surface area contributed by atoms with E-state index in [1.165, 1.54) is 35.7 Å². The minimum absolute atomic E-state index is 0.124. The predicted octanol–water partition coefficient (Wildman–Crippen LogP) is 2.24. The van der Waals surface area contributed by atoms with E-state index in [-0.39, 0.29) is 23.9 Å². The number of sulfonamides is 1. The summed E-state index contributed by atoms with van der Waals surface area (Å²) in [5.74, 6) is 0.381. The number of carbonyl (C=O) groups excluding carboxylic acids is 1. The van der Waals surface area contributed by atoms with Crippen LogP contribution in [0.4, 0.5) is 0 Å². The van der Waals surface area contributed by atoms with Crippen molar-refractivity contribution in [2.24, 2.45) is 0 Å². The van der Waals surface area contributed by atoms with Gasteiger partial charge in [0.05, 0.1) is 23.5 Å². The number of nitrogens with zero attached hydrogens (tertiary/aromatic N) is 3. The third-order valence-electron chi connectivity index (χ3n) is 4.80. The molecule has 2 heterocycles. The molecule has 150 valence electrons. The Morgan fingerprint density at radius 1 is 1.14 bits per heavy atom. The maximum atomic E-state index is 12.7. The molecule has 29 heavy (non-hydrogen) atoms. The second-order valence-corrected chi connectivity index (χ2v) is 8.68. The van der Waals surface area contributed by atoms with Crippen LogP contribution in [0.2, 0.25) is 0 Å². The number of ether oxygens (including phenoxy) is 1. The van der Waals surface area contributed by atoms with Gasteiger partial charge in [0.2, 0.25) is 15.9 Å². The lowest BCUT2D eigenvalue weighted by atomic mass is 10.0. The number of aromatic nitrogens is 2. The fourth-order valence-electron chi connectivity index (χ4n) is 3.10. The van der Waals surface area contributed by atoms with Crippen molar-refractivity contribution in [2.75, 3.05) is 20.2 Å². The Bertz CT molecular complexity index is 1100. The van der Waals surface area contributed by atoms with E-state index in [0.29, 0.717) is 23.7 Å². The lowest BCUT2D eigenvalue weighted by Gasteiger charge is -2.35. The molecule has 0 N–H and O–H groups in total. The van der Waals surface area contributed by atoms with Crippen molar-refractivity contribution in [1.29, 1.82) is 0 Å². The van der Waals surface area contributed by atoms with Gasteiger partial charge in [0, 0.05) is 19.5 Å². The Balaban J connectivity index is 1.39. The maximum absolute atomic E-state index is 12.7. The molecular weight excluding hydrogens is 394 g/mol. The van der Waals surface area contributed by atoms with E-state index in [1.807, 2.05) is 30.3 Å². The van der Waals surface area contributed by atoms with E-state index >= 15 is 0 Å². The van der Waals surface area contributed by atoms with Crippen molar-refractivity contribution in [3.63, 3.8) is 0 Å². The lowest BCUT2D eigenvalue weighted by molar-refractivity contribution is 0.0600. The van der Waals surface area contributed by atoms with Crippen LogP contribution in [0, 0.1) is 0 Å². The van der Waals surface area contributed by atoms with Crippen LogP contribution in [-0.4, -0.2) is 49.0 Å². The summed E-state index contributed by atoms with van der Waals surface area (Å²) in [6.07, 6.45) is 0.561. The highest BCUT2D eigenvalue weighted by molar-refractivity contribution is 7.89. The Morgan fingerprint density at radius 3 is 2.48 bits per heavy atom. The van der Waals surface area contributed by atoms with Crippen LogP contribution in [0.1, 0.15) is 33.6 Å². The third kappa shape index (κ3) is 3.92. The van der Waals surface area contributed by atoms with E-state index in [1.54, 1.807) is 0 Å². The first-order chi connectivity index (χ1) is 14.0. The summed E-state index contributed by atoms with van der Waals surface area (Å²) in [5.41, 5.74) is 1.37. The molecule has 0 saturated carbocycles. The van der Waals surface area contributed by atoms with Crippen molar-refractivity contribution >= 4 is 16.0 Å². The molecular formula is C20H19N3O5S. The van der Waals surface area contributed by atoms with Gasteiger partial charge in [0.1, 0.15) is 0 Å². The molecule has 0 bridgehead atoms. The van der Waals surface area contributed by atoms with E-state index in [4.69, 9.17) is 4.52 Å². The van der Waals surface area contributed by atoms with Crippen LogP contribution in [0.25, 0.3) is 0 Å². The molecule has 0 spiro atoms. The first-order valence-corrected chi connectivity index (χ1v) is 10.5. The molecule has 1 aliphatic heterocycles. The van der Waals surface area contributed by atoms with Crippen molar-refractivity contribution in [3.05, 3.63) is 77.4 Å². The Hall–Kier alpha value is -3.04. The molecule has 0 unspecified atom stereocenters. The molecule has 8 nitrogen and oxygen atoms in total. The van der Waals surface area contributed by atoms with Crippen LogP contribution in [0.5, 0.6) is 0 Å². The Kier molecular flexibility index (Phi) is 5.16. The number of hydrogen-bond donors (Lipinski definition) is 0. The van der Waals surface area contributed by atoms with Crippen LogP contribution in [-0.2, 0) is 21.2 Å². The van der Waals surface area contributed by atoms with Crippen LogP contribution in [0.3, 0.4) is 0 Å². The molecule has 1 aliphatic rings. The molecule has 1 saturated heterocycles. The average molecular weight is 413 g/mol. The van der Waals surface area contributed by atoms with Crippen LogP contribution in [0.15, 0.2) is 64.0 Å². The summed E-state index contributed by atoms with van der Waals surface area (Å²) < 4.78 is 36.8. The summed E-state index contributed by atoms with van der Waals surface area (Å²) in [4.78, 5) is 16.0. The highest BCUT2D eigenvalue weighted by Gasteiger charge is 2.40. The fraction of sp³-hybridized carbons (Fsp3) is 0.250. The van der Waals surface area contributed by atoms with Gasteiger partial charge in [-0.1, -0.05) is 35.5 Å². The number of benzene rings is 2. The van der Waals surface area contributed by atoms with E-state index in [9.17, 15) is 13.2 Å². The molecule has 3 aromatic rings. The number of esters is 1. The number of methoxy groups -OCH3 is 1. The molecule has 0 atom stereocenters. The first kappa shape index (κ1) is 19.3. The Morgan fingerprint density at radius 2 is 1.83 bits per heavy atom. The highest BCUT2D eigenvalue weighted by Crippen LogP contribution is 2.31. The zero-order chi connectivity index (χ0) is 20.4. The topological polar surface area (TPSA) is 103 Å². The maximum Gasteiger partial charge on any atom is 0.337 e. The summed E-state index contributed by atoms with van der Waals surface area (Å²) in [7, 11) is -2.37. The zero-order valence-corrected chi connectivity index (χ0v) is 16.5. The Labute approximate surface area is 168 Å². The van der Waals surface area contributed by atoms with Gasteiger partial charge in [-0.2, -0.15) is 9.29 Å². The van der Waals surface area contributed by atoms with Crippen molar-refractivity contribution in [3.8, 4) is 0 Å². The molecule has 2 aromatic carbocycles. The van der Waals surface area contributed by atoms with Crippen molar-refractivity contribution in [1.82, 2.24) is 14.4 Å². The van der Waals surface area contributed by atoms with Crippen LogP contribution < -0.4 is 0 Å². The number of hydrogen-bond acceptors (Lipinski definition) is 7. The minimum atomic E-state index is -3.64. The second-order valence-electron chi connectivity index (χ2n) is 6.75. The average Bonchev–Trinajstić information content (AvgIpc) is 3.14. The molecule has 9 heteroatoms. The zero-order valence-electron chi connectivity index (χ0n) is 15.7. The summed E-state index contributed by atoms with van der Waals surface area (Å²) in [5, 5.41) is 4.00. The molecule has 0 radical (unpaired) electrons. The summed E-state index contributed by atoms with van der Waals surface area (Å²) in [6, 6.07) is 15.5. The smallest absolute Gasteiger partial charge is 0.337 e. The molecule has 4 rings (SSSR count). The van der Waals surface area contributed by atoms with Gasteiger partial charge in [0.15, 0.2) is 5.82 Å². The van der Waals surface area contributed by atoms with Crippen molar-refractivity contribution < 1.29 is 22.5 Å². The molecule has 0 amide bonds. The molecule has 0 aliphatic carbocycles. The van der Waals surface area contributed by atoms with E-state index < -0.39 is 16.0 Å². The van der Waals surface area contributed by atoms with Crippen molar-refractivity contribution in [2.45, 2.75) is 17.2 Å². The largest absolute Gasteiger partial charge is 0.465 e. The molecule has 1 fully saturated rings. The first-order valence-electron chi connectivity index (χ1n) is 9.02. The van der Waals surface area contributed by atoms with Gasteiger partial charge >= 0.3 is 5.97 Å². The number of carbonyl (C=O) groups is 1. The van der Waals surface area contributed by atoms with Gasteiger partial charge in [-0.15, -0.1) is 0 Å². The van der Waals surface area contributed by atoms with Crippen LogP contribution >= 0.6 is 0 Å². The van der Waals surface area contributed by atoms with Gasteiger partial charge in [0.25, 0.3) is 0 Å². The van der Waals surface area contributed by atoms with Gasteiger partial charge in [-0.3, -0.25) is 0 Å². The summed E-state index contributed by atoms with van der Waals surface area (Å²) >= 11 is 0. The lowest BCUT2D eigenvalue weighted by Crippen LogP contribution is -2.48. The van der Waals surface area contributed by atoms with Gasteiger partial charge < -0.3 is 9.26 Å². The van der Waals surface area contributed by atoms with Gasteiger partial charge in [-0.25, -0.2) is 13.2 Å². The predicted molar refractivity (Wildman–Crippen MR) is 103 cm³/mol. The SMILES string of the molecule is COC(=O)c1ccc(S(=O)(=O)N2CC(c3nc(Cc4ccccc4)no3)C2)cc1. The highest BCUT2D eigenvalue weighted by atomic mass is 32.2. The standard InChI is InChI=1S/C20H19N3O5S/c1-27-20(24)15-7-9-17(10-8-15)29(25,26)23-12-16(13-23)19-21-18(22-28-19)11-14-5-3-2-4-6-14/h2-10,16H,11-13H2,1H3. The molecule has 1 aromatic heterocycles. The second kappa shape index (κ2) is 7.76. The number of rotatable bonds is 6. The van der Waals surface area contributed by atoms with E-state index in [0.717, 1.165) is 5.56 Å². The third-order valence-corrected chi connectivity index (χ3v) is 6.65. The minimum Gasteiger partial charge on any atom is -0.465 e. The fourth-order valence-corrected chi connectivity index (χ4v) is 4.63. The quantitative estimate of drug-likeness (QED) is 0.571. The normalized spacial score (nSPS) is 15.1. The van der Waals surface area contributed by atoms with Gasteiger partial charge in [-0.05, 0) is 29.8 Å². The monoisotopic (exact) mass is 413 g/mol. The summed E-state index contributed by atoms with van der Waals surface area (Å²) in [6.45, 7) is 0.544.